The molecule has 5 aliphatic rings. The maximum Gasteiger partial charge on any atom is 0.301 e. The number of pyridine rings is 1. The number of piperidine rings is 2. The van der Waals surface area contributed by atoms with Crippen LogP contribution in [0.15, 0.2) is 47.4 Å². The lowest BCUT2D eigenvalue weighted by Gasteiger charge is -2.43. The van der Waals surface area contributed by atoms with Gasteiger partial charge in [0.2, 0.25) is 23.5 Å². The van der Waals surface area contributed by atoms with Crippen molar-refractivity contribution in [3.8, 4) is 5.75 Å². The second-order valence-electron chi connectivity index (χ2n) is 16.7. The summed E-state index contributed by atoms with van der Waals surface area (Å²) < 4.78 is 39.1. The third kappa shape index (κ3) is 6.84. The Morgan fingerprint density at radius 1 is 0.933 bits per heavy atom. The lowest BCUT2D eigenvalue weighted by Crippen LogP contribution is -2.53. The molecule has 18 heteroatoms. The third-order valence-corrected chi connectivity index (χ3v) is 13.2. The first-order valence-corrected chi connectivity index (χ1v) is 21.1. The lowest BCUT2D eigenvalue weighted by atomic mass is 9.92. The van der Waals surface area contributed by atoms with Crippen LogP contribution < -0.4 is 36.0 Å². The number of imide groups is 1. The normalized spacial score (nSPS) is 22.6. The van der Waals surface area contributed by atoms with Crippen molar-refractivity contribution in [2.75, 3.05) is 66.3 Å². The van der Waals surface area contributed by atoms with Gasteiger partial charge in [0.05, 0.1) is 46.3 Å². The molecule has 2 aromatic carbocycles. The van der Waals surface area contributed by atoms with Crippen LogP contribution in [0.5, 0.6) is 5.75 Å². The number of anilines is 5. The Kier molecular flexibility index (Phi) is 9.57. The van der Waals surface area contributed by atoms with Gasteiger partial charge in [-0.25, -0.2) is 13.8 Å². The summed E-state index contributed by atoms with van der Waals surface area (Å²) in [5.41, 5.74) is 3.82. The van der Waals surface area contributed by atoms with E-state index < -0.39 is 30.0 Å². The Morgan fingerprint density at radius 2 is 1.72 bits per heavy atom. The summed E-state index contributed by atoms with van der Waals surface area (Å²) in [6.07, 6.45) is 5.77. The molecule has 1 saturated carbocycles. The first kappa shape index (κ1) is 38.6. The summed E-state index contributed by atoms with van der Waals surface area (Å²) in [7, 11) is 3.52. The van der Waals surface area contributed by atoms with Gasteiger partial charge in [0.15, 0.2) is 12.4 Å². The predicted molar refractivity (Wildman–Crippen MR) is 225 cm³/mol. The predicted octanol–water partition coefficient (Wildman–Crippen LogP) is 5.14. The highest BCUT2D eigenvalue weighted by molar-refractivity contribution is 6.33. The number of rotatable bonds is 7. The molecular formula is C42H46ClF2N11O4. The number of aromatic nitrogens is 5. The van der Waals surface area contributed by atoms with E-state index in [1.54, 1.807) is 31.4 Å². The fraction of sp³-hybridized carbons (Fsp3) is 0.476. The zero-order valence-electron chi connectivity index (χ0n) is 33.4. The maximum atomic E-state index is 15.2. The Morgan fingerprint density at radius 3 is 2.47 bits per heavy atom. The number of halogens is 3. The summed E-state index contributed by atoms with van der Waals surface area (Å²) in [5, 5.41) is 15.5. The Bertz CT molecular complexity index is 2600. The molecular weight excluding hydrogens is 796 g/mol. The van der Waals surface area contributed by atoms with Gasteiger partial charge >= 0.3 is 5.92 Å². The van der Waals surface area contributed by atoms with E-state index in [4.69, 9.17) is 26.4 Å². The number of alkyl halides is 2. The van der Waals surface area contributed by atoms with E-state index >= 15 is 8.78 Å². The maximum absolute atomic E-state index is 15.2. The molecule has 3 saturated heterocycles. The average molecular weight is 842 g/mol. The van der Waals surface area contributed by atoms with Crippen LogP contribution >= 0.6 is 11.6 Å². The van der Waals surface area contributed by atoms with Crippen LogP contribution in [0.2, 0.25) is 5.02 Å². The molecule has 0 spiro atoms. The summed E-state index contributed by atoms with van der Waals surface area (Å²) >= 11 is 6.64. The van der Waals surface area contributed by atoms with Gasteiger partial charge in [-0.1, -0.05) is 23.7 Å². The zero-order valence-corrected chi connectivity index (χ0v) is 34.1. The highest BCUT2D eigenvalue weighted by Gasteiger charge is 2.51. The number of nitrogens with one attached hydrogen (secondary N) is 3. The number of benzene rings is 2. The second kappa shape index (κ2) is 14.9. The number of ether oxygens (including phenoxy) is 1. The van der Waals surface area contributed by atoms with E-state index in [1.807, 2.05) is 23.9 Å². The molecule has 7 heterocycles. The van der Waals surface area contributed by atoms with Gasteiger partial charge in [-0.15, -0.1) is 0 Å². The van der Waals surface area contributed by atoms with Crippen molar-refractivity contribution in [2.45, 2.75) is 62.4 Å². The topological polar surface area (TPSA) is 155 Å². The molecule has 3 aromatic heterocycles. The van der Waals surface area contributed by atoms with Gasteiger partial charge in [-0.05, 0) is 62.3 Å². The van der Waals surface area contributed by atoms with Crippen LogP contribution in [0.4, 0.5) is 37.6 Å². The van der Waals surface area contributed by atoms with E-state index in [0.717, 1.165) is 74.4 Å². The smallest absolute Gasteiger partial charge is 0.301 e. The van der Waals surface area contributed by atoms with Gasteiger partial charge < -0.3 is 29.7 Å². The van der Waals surface area contributed by atoms with E-state index in [0.29, 0.717) is 65.1 Å². The molecule has 5 aromatic rings. The number of amides is 2. The number of para-hydroxylation sites is 1. The Balaban J connectivity index is 0.803. The van der Waals surface area contributed by atoms with Crippen LogP contribution in [0.3, 0.4) is 0 Å². The zero-order chi connectivity index (χ0) is 41.4. The second-order valence-corrected chi connectivity index (χ2v) is 17.1. The number of aryl methyl sites for hydroxylation is 2. The van der Waals surface area contributed by atoms with Crippen molar-refractivity contribution in [1.82, 2.24) is 34.5 Å². The minimum absolute atomic E-state index is 0.110. The van der Waals surface area contributed by atoms with Gasteiger partial charge in [0.25, 0.3) is 5.56 Å². The standard InChI is InChI=1S/C42H46ClF2N11O4/c1-52-30-10-8-24(20-28(30)34-36(40(52)59)60-22-42(44,45)37(49-34)23-6-7-23)47-38-29(43)21-46-41(50-38)56-18-16-54(17-19-56)25-12-14-55(15-13-25)31-5-3-4-26-33(51-53(2)35(26)31)27-9-11-32(57)48-39(27)58/h3-5,8,10,20-21,23,25,27,37,49H,6-7,9,11-19,22H2,1-2H3,(H,46,47,50)(H,48,57,58)/t27?,37-/m0/s1. The molecule has 314 valence electrons. The van der Waals surface area contributed by atoms with E-state index in [1.165, 1.54) is 4.57 Å². The number of nitrogens with zero attached hydrogens (tertiary/aromatic N) is 8. The fourth-order valence-electron chi connectivity index (χ4n) is 9.59. The molecule has 0 bridgehead atoms. The summed E-state index contributed by atoms with van der Waals surface area (Å²) in [6, 6.07) is 10.9. The van der Waals surface area contributed by atoms with E-state index in [-0.39, 0.29) is 29.2 Å². The fourth-order valence-corrected chi connectivity index (χ4v) is 9.73. The van der Waals surface area contributed by atoms with Crippen LogP contribution in [0.1, 0.15) is 50.1 Å². The minimum atomic E-state index is -3.13. The SMILES string of the molecule is Cn1nc(C2CCC(=O)NC2=O)c2cccc(N3CCC(N4CCN(c5ncc(Cl)c(Nc6ccc7c(c6)c6c(c(=O)n7C)OCC(F)(F)[C@H](C7CC7)N6)n5)CC4)CC3)c21. The lowest BCUT2D eigenvalue weighted by molar-refractivity contribution is -0.134. The van der Waals surface area contributed by atoms with Crippen LogP contribution in [-0.4, -0.2) is 105 Å². The summed E-state index contributed by atoms with van der Waals surface area (Å²) in [4.78, 5) is 54.3. The van der Waals surface area contributed by atoms with Crippen molar-refractivity contribution in [3.63, 3.8) is 0 Å². The van der Waals surface area contributed by atoms with Crippen molar-refractivity contribution in [2.24, 2.45) is 20.0 Å². The quantitative estimate of drug-likeness (QED) is 0.186. The first-order chi connectivity index (χ1) is 28.9. The molecule has 4 aliphatic heterocycles. The van der Waals surface area contributed by atoms with Crippen LogP contribution in [0, 0.1) is 5.92 Å². The number of fused-ring (bicyclic) bond motifs is 4. The number of piperazine rings is 1. The largest absolute Gasteiger partial charge is 0.480 e. The first-order valence-electron chi connectivity index (χ1n) is 20.7. The number of hydrogen-bond acceptors (Lipinski definition) is 12. The van der Waals surface area contributed by atoms with Gasteiger partial charge in [-0.2, -0.15) is 10.1 Å². The molecule has 4 fully saturated rings. The van der Waals surface area contributed by atoms with E-state index in [9.17, 15) is 14.4 Å². The van der Waals surface area contributed by atoms with Gasteiger partial charge in [-0.3, -0.25) is 29.3 Å². The molecule has 15 nitrogen and oxygen atoms in total. The molecule has 2 atom stereocenters. The van der Waals surface area contributed by atoms with Crippen molar-refractivity contribution < 1.29 is 23.1 Å². The molecule has 1 unspecified atom stereocenters. The Hall–Kier alpha value is -5.55. The van der Waals surface area contributed by atoms with Crippen LogP contribution in [-0.2, 0) is 23.7 Å². The molecule has 10 rings (SSSR count). The van der Waals surface area contributed by atoms with E-state index in [2.05, 4.69) is 41.7 Å². The third-order valence-electron chi connectivity index (χ3n) is 13.0. The monoisotopic (exact) mass is 841 g/mol. The molecule has 3 N–H and O–H groups in total. The minimum Gasteiger partial charge on any atom is -0.480 e. The molecule has 1 aliphatic carbocycles. The van der Waals surface area contributed by atoms with Crippen molar-refractivity contribution in [1.29, 1.82) is 0 Å². The highest BCUT2D eigenvalue weighted by atomic mass is 35.5. The number of hydrogen-bond donors (Lipinski definition) is 3. The molecule has 60 heavy (non-hydrogen) atoms. The Labute approximate surface area is 349 Å². The number of carbonyl (C=O) groups is 2. The molecule has 2 amide bonds. The average Bonchev–Trinajstić information content (AvgIpc) is 4.05. The summed E-state index contributed by atoms with van der Waals surface area (Å²) in [6.45, 7) is 4.13. The van der Waals surface area contributed by atoms with Crippen LogP contribution in [0.25, 0.3) is 21.8 Å². The van der Waals surface area contributed by atoms with Crippen molar-refractivity contribution in [3.05, 3.63) is 63.7 Å². The number of carbonyl (C=O) groups excluding carboxylic acids is 2. The highest BCUT2D eigenvalue weighted by Crippen LogP contribution is 2.46. The van der Waals surface area contributed by atoms with Crippen molar-refractivity contribution >= 4 is 74.0 Å². The molecule has 0 radical (unpaired) electrons. The van der Waals surface area contributed by atoms with Gasteiger partial charge in [0.1, 0.15) is 5.02 Å². The van der Waals surface area contributed by atoms with Gasteiger partial charge in [0, 0.05) is 82.3 Å². The summed E-state index contributed by atoms with van der Waals surface area (Å²) in [5.74, 6) is -3.42.